The molecule has 0 unspecified atom stereocenters. The Morgan fingerprint density at radius 2 is 1.76 bits per heavy atom. The predicted molar refractivity (Wildman–Crippen MR) is 189 cm³/mol. The standard InChI is InChI=1S/C35H30F3N7O4S2/c1-51(48,49)18-16-44(33(47)35(36,37)38)22-23-7-4-9-25(19-23)41-34-39-14-13-28(42-34)31-29-12-2-3-15-45(29)43-32(31)24-8-5-10-26(20-24)40-30(46)21-27-11-6-17-50-27/h2-15,17,19-20H,16,18,21-22H2,1H3,(H,40,46)(H,39,41,42). The molecule has 0 saturated carbocycles. The summed E-state index contributed by atoms with van der Waals surface area (Å²) in [6, 6.07) is 24.8. The van der Waals surface area contributed by atoms with Gasteiger partial charge in [-0.25, -0.2) is 22.9 Å². The van der Waals surface area contributed by atoms with E-state index in [0.29, 0.717) is 38.8 Å². The van der Waals surface area contributed by atoms with E-state index in [-0.39, 0.29) is 18.3 Å². The number of rotatable bonds is 12. The van der Waals surface area contributed by atoms with Crippen LogP contribution in [0.5, 0.6) is 0 Å². The fraction of sp³-hybridized carbons (Fsp3) is 0.171. The van der Waals surface area contributed by atoms with Crippen LogP contribution in [-0.2, 0) is 32.4 Å². The van der Waals surface area contributed by atoms with Crippen LogP contribution in [-0.4, -0.2) is 69.4 Å². The number of aromatic nitrogens is 4. The van der Waals surface area contributed by atoms with E-state index in [2.05, 4.69) is 15.6 Å². The second-order valence-corrected chi connectivity index (χ2v) is 14.9. The van der Waals surface area contributed by atoms with Crippen molar-refractivity contribution < 1.29 is 31.2 Å². The highest BCUT2D eigenvalue weighted by atomic mass is 32.2. The minimum absolute atomic E-state index is 0.144. The molecule has 0 saturated heterocycles. The average Bonchev–Trinajstić information content (AvgIpc) is 3.74. The maximum Gasteiger partial charge on any atom is 0.471 e. The van der Waals surface area contributed by atoms with Crippen molar-refractivity contribution in [1.29, 1.82) is 0 Å². The molecule has 2 N–H and O–H groups in total. The molecular formula is C35H30F3N7O4S2. The Balaban J connectivity index is 1.27. The fourth-order valence-electron chi connectivity index (χ4n) is 5.34. The van der Waals surface area contributed by atoms with Gasteiger partial charge in [-0.1, -0.05) is 36.4 Å². The minimum Gasteiger partial charge on any atom is -0.330 e. The number of thiophene rings is 1. The van der Waals surface area contributed by atoms with Crippen LogP contribution in [0.4, 0.5) is 30.5 Å². The molecular weight excluding hydrogens is 704 g/mol. The molecule has 4 heterocycles. The third kappa shape index (κ3) is 8.95. The van der Waals surface area contributed by atoms with Crippen LogP contribution in [0.3, 0.4) is 0 Å². The van der Waals surface area contributed by atoms with Crippen LogP contribution in [0.1, 0.15) is 10.4 Å². The maximum atomic E-state index is 13.3. The van der Waals surface area contributed by atoms with Gasteiger partial charge in [0.1, 0.15) is 15.5 Å². The Morgan fingerprint density at radius 1 is 0.961 bits per heavy atom. The number of halogens is 3. The second kappa shape index (κ2) is 14.7. The van der Waals surface area contributed by atoms with E-state index in [1.54, 1.807) is 35.0 Å². The van der Waals surface area contributed by atoms with E-state index in [9.17, 15) is 31.2 Å². The zero-order chi connectivity index (χ0) is 36.2. The molecule has 51 heavy (non-hydrogen) atoms. The summed E-state index contributed by atoms with van der Waals surface area (Å²) >= 11 is 1.51. The van der Waals surface area contributed by atoms with Gasteiger partial charge in [0, 0.05) is 53.6 Å². The number of benzene rings is 2. The third-order valence-corrected chi connectivity index (χ3v) is 9.41. The Bertz CT molecular complexity index is 2310. The van der Waals surface area contributed by atoms with E-state index in [1.165, 1.54) is 23.5 Å². The molecule has 16 heteroatoms. The van der Waals surface area contributed by atoms with Crippen molar-refractivity contribution in [2.75, 3.05) is 29.2 Å². The molecule has 0 atom stereocenters. The van der Waals surface area contributed by atoms with E-state index in [1.807, 2.05) is 60.1 Å². The van der Waals surface area contributed by atoms with E-state index in [4.69, 9.17) is 10.1 Å². The molecule has 11 nitrogen and oxygen atoms in total. The van der Waals surface area contributed by atoms with Crippen molar-refractivity contribution in [3.8, 4) is 22.5 Å². The number of hydrogen-bond acceptors (Lipinski definition) is 9. The van der Waals surface area contributed by atoms with Gasteiger partial charge in [0.25, 0.3) is 0 Å². The van der Waals surface area contributed by atoms with Crippen LogP contribution in [0, 0.1) is 0 Å². The second-order valence-electron chi connectivity index (χ2n) is 11.6. The summed E-state index contributed by atoms with van der Waals surface area (Å²) in [5.41, 5.74) is 4.68. The van der Waals surface area contributed by atoms with Crippen molar-refractivity contribution in [1.82, 2.24) is 24.5 Å². The number of nitrogens with zero attached hydrogens (tertiary/aromatic N) is 5. The lowest BCUT2D eigenvalue weighted by atomic mass is 10.0. The summed E-state index contributed by atoms with van der Waals surface area (Å²) in [6.07, 6.45) is -0.653. The van der Waals surface area contributed by atoms with Gasteiger partial charge >= 0.3 is 12.1 Å². The summed E-state index contributed by atoms with van der Waals surface area (Å²) < 4.78 is 65.0. The van der Waals surface area contributed by atoms with E-state index >= 15 is 0 Å². The number of nitrogens with one attached hydrogen (secondary N) is 2. The average molecular weight is 734 g/mol. The summed E-state index contributed by atoms with van der Waals surface area (Å²) in [4.78, 5) is 35.3. The first kappa shape index (κ1) is 35.2. The van der Waals surface area contributed by atoms with Crippen LogP contribution < -0.4 is 10.6 Å². The molecule has 6 aromatic rings. The Labute approximate surface area is 294 Å². The normalized spacial score (nSPS) is 11.8. The minimum atomic E-state index is -5.17. The Morgan fingerprint density at radius 3 is 2.53 bits per heavy atom. The third-order valence-electron chi connectivity index (χ3n) is 7.60. The molecule has 262 valence electrons. The predicted octanol–water partition coefficient (Wildman–Crippen LogP) is 6.38. The van der Waals surface area contributed by atoms with Gasteiger partial charge in [-0.15, -0.1) is 11.3 Å². The SMILES string of the molecule is CS(=O)(=O)CCN(Cc1cccc(Nc2nccc(-c3c(-c4cccc(NC(=O)Cc5cccs5)c4)nn4ccccc34)n2)c1)C(=O)C(F)(F)F. The number of anilines is 3. The smallest absolute Gasteiger partial charge is 0.330 e. The maximum absolute atomic E-state index is 13.3. The quantitative estimate of drug-likeness (QED) is 0.148. The summed E-state index contributed by atoms with van der Waals surface area (Å²) in [5, 5.41) is 12.8. The number of amides is 2. The number of carbonyl (C=O) groups excluding carboxylic acids is 2. The van der Waals surface area contributed by atoms with Gasteiger partial charge in [-0.3, -0.25) is 9.59 Å². The Hall–Kier alpha value is -5.61. The molecule has 0 bridgehead atoms. The van der Waals surface area contributed by atoms with Crippen LogP contribution >= 0.6 is 11.3 Å². The van der Waals surface area contributed by atoms with E-state index < -0.39 is 40.8 Å². The highest BCUT2D eigenvalue weighted by Crippen LogP contribution is 2.35. The van der Waals surface area contributed by atoms with Crippen LogP contribution in [0.15, 0.2) is 103 Å². The lowest BCUT2D eigenvalue weighted by Crippen LogP contribution is -2.42. The molecule has 0 spiro atoms. The number of fused-ring (bicyclic) bond motifs is 1. The summed E-state index contributed by atoms with van der Waals surface area (Å²) in [6.45, 7) is -1.09. The van der Waals surface area contributed by atoms with Crippen molar-refractivity contribution >= 4 is 55.8 Å². The lowest BCUT2D eigenvalue weighted by Gasteiger charge is -2.23. The highest BCUT2D eigenvalue weighted by molar-refractivity contribution is 7.90. The highest BCUT2D eigenvalue weighted by Gasteiger charge is 2.42. The van der Waals surface area contributed by atoms with Crippen molar-refractivity contribution in [3.05, 3.63) is 113 Å². The summed E-state index contributed by atoms with van der Waals surface area (Å²) in [5.74, 6) is -2.71. The first-order valence-corrected chi connectivity index (χ1v) is 18.4. The van der Waals surface area contributed by atoms with Gasteiger partial charge in [0.15, 0.2) is 0 Å². The molecule has 0 aliphatic carbocycles. The molecule has 0 fully saturated rings. The van der Waals surface area contributed by atoms with Gasteiger partial charge < -0.3 is 15.5 Å². The monoisotopic (exact) mass is 733 g/mol. The van der Waals surface area contributed by atoms with Gasteiger partial charge in [-0.05, 0) is 59.5 Å². The van der Waals surface area contributed by atoms with Crippen LogP contribution in [0.2, 0.25) is 0 Å². The molecule has 0 aliphatic heterocycles. The van der Waals surface area contributed by atoms with Crippen molar-refractivity contribution in [2.24, 2.45) is 0 Å². The van der Waals surface area contributed by atoms with Gasteiger partial charge in [0.2, 0.25) is 11.9 Å². The number of sulfone groups is 1. The number of pyridine rings is 1. The van der Waals surface area contributed by atoms with E-state index in [0.717, 1.165) is 22.2 Å². The number of hydrogen-bond donors (Lipinski definition) is 2. The fourth-order valence-corrected chi connectivity index (χ4v) is 6.59. The van der Waals surface area contributed by atoms with Crippen molar-refractivity contribution in [3.63, 3.8) is 0 Å². The Kier molecular flexibility index (Phi) is 10.2. The molecule has 2 aromatic carbocycles. The van der Waals surface area contributed by atoms with Gasteiger partial charge in [-0.2, -0.15) is 18.3 Å². The molecule has 0 radical (unpaired) electrons. The van der Waals surface area contributed by atoms with Crippen LogP contribution in [0.25, 0.3) is 28.0 Å². The van der Waals surface area contributed by atoms with Gasteiger partial charge in [0.05, 0.1) is 28.9 Å². The first-order valence-electron chi connectivity index (χ1n) is 15.5. The number of alkyl halides is 3. The zero-order valence-corrected chi connectivity index (χ0v) is 28.6. The molecule has 2 amide bonds. The molecule has 0 aliphatic rings. The lowest BCUT2D eigenvalue weighted by molar-refractivity contribution is -0.185. The summed E-state index contributed by atoms with van der Waals surface area (Å²) in [7, 11) is -3.63. The molecule has 6 rings (SSSR count). The first-order chi connectivity index (χ1) is 24.3. The van der Waals surface area contributed by atoms with Crippen molar-refractivity contribution in [2.45, 2.75) is 19.1 Å². The molecule has 4 aromatic heterocycles. The zero-order valence-electron chi connectivity index (χ0n) is 27.0. The topological polar surface area (TPSA) is 139 Å². The number of carbonyl (C=O) groups is 2. The largest absolute Gasteiger partial charge is 0.471 e.